The lowest BCUT2D eigenvalue weighted by Crippen LogP contribution is -2.10. The number of rotatable bonds is 23. The van der Waals surface area contributed by atoms with Crippen molar-refractivity contribution < 1.29 is 0 Å². The van der Waals surface area contributed by atoms with E-state index in [4.69, 9.17) is 0 Å². The molecule has 170 valence electrons. The van der Waals surface area contributed by atoms with Gasteiger partial charge < -0.3 is 0 Å². The van der Waals surface area contributed by atoms with E-state index in [0.717, 1.165) is 11.8 Å². The summed E-state index contributed by atoms with van der Waals surface area (Å²) in [6, 6.07) is 0. The highest BCUT2D eigenvalue weighted by Crippen LogP contribution is 2.30. The molecule has 2 atom stereocenters. The Morgan fingerprint density at radius 2 is 0.607 bits per heavy atom. The molecule has 0 radical (unpaired) electrons. The number of unbranched alkanes of at least 4 members (excludes halogenated alkanes) is 13. The smallest absolute Gasteiger partial charge is 0.0412 e. The highest BCUT2D eigenvalue weighted by molar-refractivity contribution is 4.69. The van der Waals surface area contributed by atoms with E-state index in [-0.39, 0.29) is 0 Å². The highest BCUT2D eigenvalue weighted by atomic mass is 14.2. The maximum Gasteiger partial charge on any atom is -0.0412 e. The molecule has 0 N–H and O–H groups in total. The van der Waals surface area contributed by atoms with Crippen LogP contribution in [0.15, 0.2) is 0 Å². The fourth-order valence-corrected chi connectivity index (χ4v) is 4.83. The molecule has 2 unspecified atom stereocenters. The molecule has 0 saturated heterocycles. The van der Waals surface area contributed by atoms with E-state index in [1.807, 2.05) is 0 Å². The minimum absolute atomic E-state index is 1.03. The van der Waals surface area contributed by atoms with Crippen LogP contribution in [0.2, 0.25) is 0 Å². The zero-order valence-electron chi connectivity index (χ0n) is 20.7. The molecule has 0 aromatic rings. The van der Waals surface area contributed by atoms with Crippen molar-refractivity contribution in [2.45, 2.75) is 169 Å². The summed E-state index contributed by atoms with van der Waals surface area (Å²) in [7, 11) is 0. The zero-order chi connectivity index (χ0) is 20.7. The lowest BCUT2D eigenvalue weighted by molar-refractivity contribution is 0.284. The summed E-state index contributed by atoms with van der Waals surface area (Å²) in [4.78, 5) is 0. The lowest BCUT2D eigenvalue weighted by Gasteiger charge is -2.24. The Kier molecular flexibility index (Phi) is 23.3. The maximum atomic E-state index is 2.37. The second-order valence-electron chi connectivity index (χ2n) is 9.72. The third-order valence-electron chi connectivity index (χ3n) is 6.78. The average Bonchev–Trinajstić information content (AvgIpc) is 2.71. The summed E-state index contributed by atoms with van der Waals surface area (Å²) >= 11 is 0. The van der Waals surface area contributed by atoms with Crippen LogP contribution < -0.4 is 0 Å². The second-order valence-corrected chi connectivity index (χ2v) is 9.72. The first-order valence-corrected chi connectivity index (χ1v) is 13.8. The number of hydrogen-bond donors (Lipinski definition) is 0. The van der Waals surface area contributed by atoms with Crippen molar-refractivity contribution >= 4 is 0 Å². The van der Waals surface area contributed by atoms with Gasteiger partial charge in [-0.2, -0.15) is 0 Å². The molecule has 0 amide bonds. The van der Waals surface area contributed by atoms with Crippen molar-refractivity contribution in [3.8, 4) is 0 Å². The summed E-state index contributed by atoms with van der Waals surface area (Å²) in [5, 5.41) is 0. The average molecular weight is 395 g/mol. The molecule has 28 heavy (non-hydrogen) atoms. The molecule has 0 heteroatoms. The van der Waals surface area contributed by atoms with Crippen LogP contribution in [0.3, 0.4) is 0 Å². The van der Waals surface area contributed by atoms with Crippen LogP contribution in [0.25, 0.3) is 0 Å². The number of hydrogen-bond acceptors (Lipinski definition) is 0. The maximum absolute atomic E-state index is 2.37. The molecule has 0 aromatic heterocycles. The molecule has 0 fully saturated rings. The molecule has 0 rings (SSSR count). The summed E-state index contributed by atoms with van der Waals surface area (Å²) in [6.07, 6.45) is 32.2. The van der Waals surface area contributed by atoms with Crippen LogP contribution in [0, 0.1) is 11.8 Å². The van der Waals surface area contributed by atoms with E-state index in [2.05, 4.69) is 27.7 Å². The predicted octanol–water partition coefficient (Wildman–Crippen LogP) is 10.9. The van der Waals surface area contributed by atoms with Gasteiger partial charge in [-0.15, -0.1) is 0 Å². The highest BCUT2D eigenvalue weighted by Gasteiger charge is 2.16. The van der Waals surface area contributed by atoms with Crippen molar-refractivity contribution in [2.24, 2.45) is 11.8 Å². The van der Waals surface area contributed by atoms with E-state index in [1.54, 1.807) is 6.42 Å². The largest absolute Gasteiger partial charge is 0.0654 e. The summed E-state index contributed by atoms with van der Waals surface area (Å²) in [5.41, 5.74) is 0. The molecule has 0 aromatic carbocycles. The molecule has 0 heterocycles. The van der Waals surface area contributed by atoms with Gasteiger partial charge in [0, 0.05) is 0 Å². The van der Waals surface area contributed by atoms with Gasteiger partial charge in [0.1, 0.15) is 0 Å². The Labute approximate surface area is 181 Å². The van der Waals surface area contributed by atoms with E-state index in [1.165, 1.54) is 135 Å². The fraction of sp³-hybridized carbons (Fsp3) is 1.00. The zero-order valence-corrected chi connectivity index (χ0v) is 20.7. The molecule has 0 bridgehead atoms. The first-order valence-electron chi connectivity index (χ1n) is 13.8. The Morgan fingerprint density at radius 1 is 0.321 bits per heavy atom. The van der Waals surface area contributed by atoms with E-state index in [0.29, 0.717) is 0 Å². The van der Waals surface area contributed by atoms with Gasteiger partial charge in [-0.1, -0.05) is 163 Å². The van der Waals surface area contributed by atoms with Gasteiger partial charge in [-0.25, -0.2) is 0 Å². The molecule has 0 aliphatic rings. The van der Waals surface area contributed by atoms with Crippen molar-refractivity contribution in [1.29, 1.82) is 0 Å². The third kappa shape index (κ3) is 19.3. The second kappa shape index (κ2) is 23.3. The van der Waals surface area contributed by atoms with Gasteiger partial charge in [0.15, 0.2) is 0 Å². The van der Waals surface area contributed by atoms with Crippen LogP contribution in [0.5, 0.6) is 0 Å². The lowest BCUT2D eigenvalue weighted by atomic mass is 9.82. The van der Waals surface area contributed by atoms with Crippen LogP contribution >= 0.6 is 0 Å². The standard InChI is InChI=1S/C28H58/c1-5-9-13-16-18-21-25-28(23-19-15-11-7-3)26-27(22-12-8-4)24-20-17-14-10-6-2/h27-28H,5-26H2,1-4H3. The molecular weight excluding hydrogens is 336 g/mol. The van der Waals surface area contributed by atoms with Gasteiger partial charge in [0.05, 0.1) is 0 Å². The first kappa shape index (κ1) is 28.0. The van der Waals surface area contributed by atoms with E-state index < -0.39 is 0 Å². The molecule has 0 spiro atoms. The Hall–Kier alpha value is 0. The van der Waals surface area contributed by atoms with Crippen LogP contribution in [0.4, 0.5) is 0 Å². The minimum Gasteiger partial charge on any atom is -0.0654 e. The summed E-state index contributed by atoms with van der Waals surface area (Å²) < 4.78 is 0. The first-order chi connectivity index (χ1) is 13.8. The SMILES string of the molecule is CCCCCCCCC(CCCCCC)CC(CCCC)CCCCCCC. The Bertz CT molecular complexity index is 269. The molecular formula is C28H58. The van der Waals surface area contributed by atoms with Crippen molar-refractivity contribution in [1.82, 2.24) is 0 Å². The van der Waals surface area contributed by atoms with Crippen molar-refractivity contribution in [3.05, 3.63) is 0 Å². The Balaban J connectivity index is 4.34. The van der Waals surface area contributed by atoms with Gasteiger partial charge in [-0.3, -0.25) is 0 Å². The van der Waals surface area contributed by atoms with Gasteiger partial charge in [0.25, 0.3) is 0 Å². The van der Waals surface area contributed by atoms with Gasteiger partial charge in [-0.05, 0) is 18.3 Å². The van der Waals surface area contributed by atoms with E-state index in [9.17, 15) is 0 Å². The van der Waals surface area contributed by atoms with E-state index >= 15 is 0 Å². The van der Waals surface area contributed by atoms with Gasteiger partial charge >= 0.3 is 0 Å². The monoisotopic (exact) mass is 394 g/mol. The normalized spacial score (nSPS) is 13.7. The quantitative estimate of drug-likeness (QED) is 0.151. The van der Waals surface area contributed by atoms with Crippen LogP contribution in [-0.4, -0.2) is 0 Å². The third-order valence-corrected chi connectivity index (χ3v) is 6.78. The molecule has 0 aliphatic carbocycles. The van der Waals surface area contributed by atoms with Crippen molar-refractivity contribution in [2.75, 3.05) is 0 Å². The predicted molar refractivity (Wildman–Crippen MR) is 131 cm³/mol. The summed E-state index contributed by atoms with van der Waals surface area (Å²) in [6.45, 7) is 9.37. The van der Waals surface area contributed by atoms with Gasteiger partial charge in [0.2, 0.25) is 0 Å². The Morgan fingerprint density at radius 3 is 1.00 bits per heavy atom. The topological polar surface area (TPSA) is 0 Å². The fourth-order valence-electron chi connectivity index (χ4n) is 4.83. The minimum atomic E-state index is 1.03. The van der Waals surface area contributed by atoms with Crippen molar-refractivity contribution in [3.63, 3.8) is 0 Å². The summed E-state index contributed by atoms with van der Waals surface area (Å²) in [5.74, 6) is 2.05. The molecule has 0 saturated carbocycles. The van der Waals surface area contributed by atoms with Crippen LogP contribution in [-0.2, 0) is 0 Å². The molecule has 0 aliphatic heterocycles. The van der Waals surface area contributed by atoms with Crippen LogP contribution in [0.1, 0.15) is 169 Å². The molecule has 0 nitrogen and oxygen atoms in total.